The molecule has 2 atom stereocenters. The Morgan fingerprint density at radius 1 is 1.19 bits per heavy atom. The molecule has 1 rings (SSSR count). The molecular formula is C14H22ClN. The van der Waals surface area contributed by atoms with Gasteiger partial charge in [-0.2, -0.15) is 0 Å². The van der Waals surface area contributed by atoms with Crippen molar-refractivity contribution >= 4 is 11.6 Å². The highest BCUT2D eigenvalue weighted by Crippen LogP contribution is 2.18. The highest BCUT2D eigenvalue weighted by atomic mass is 35.5. The molecule has 0 saturated heterocycles. The van der Waals surface area contributed by atoms with Crippen LogP contribution in [-0.4, -0.2) is 6.04 Å². The van der Waals surface area contributed by atoms with Gasteiger partial charge in [0.05, 0.1) is 0 Å². The minimum Gasteiger partial charge on any atom is -0.308 e. The fourth-order valence-corrected chi connectivity index (χ4v) is 2.27. The van der Waals surface area contributed by atoms with Gasteiger partial charge in [-0.1, -0.05) is 37.6 Å². The van der Waals surface area contributed by atoms with Crippen LogP contribution in [0.15, 0.2) is 24.3 Å². The minimum atomic E-state index is 0.354. The highest BCUT2D eigenvalue weighted by Gasteiger charge is 2.10. The van der Waals surface area contributed by atoms with E-state index in [1.54, 1.807) is 0 Å². The average molecular weight is 240 g/mol. The number of halogens is 1. The Morgan fingerprint density at radius 3 is 2.44 bits per heavy atom. The molecule has 0 saturated carbocycles. The Hall–Kier alpha value is -0.530. The maximum atomic E-state index is 5.98. The monoisotopic (exact) mass is 239 g/mol. The maximum Gasteiger partial charge on any atom is 0.0409 e. The average Bonchev–Trinajstić information content (AvgIpc) is 2.16. The summed E-state index contributed by atoms with van der Waals surface area (Å²) in [5.41, 5.74) is 1.25. The van der Waals surface area contributed by atoms with Gasteiger partial charge in [0.1, 0.15) is 0 Å². The predicted molar refractivity (Wildman–Crippen MR) is 71.9 cm³/mol. The molecule has 16 heavy (non-hydrogen) atoms. The molecule has 0 aliphatic heterocycles. The van der Waals surface area contributed by atoms with Crippen LogP contribution in [-0.2, 0) is 0 Å². The Balaban J connectivity index is 2.55. The lowest BCUT2D eigenvalue weighted by Crippen LogP contribution is -2.30. The van der Waals surface area contributed by atoms with Crippen LogP contribution in [0.25, 0.3) is 0 Å². The Bertz CT molecular complexity index is 322. The predicted octanol–water partition coefficient (Wildman–Crippen LogP) is 4.43. The van der Waals surface area contributed by atoms with E-state index in [2.05, 4.69) is 39.1 Å². The second-order valence-electron chi connectivity index (χ2n) is 4.97. The Morgan fingerprint density at radius 2 is 1.88 bits per heavy atom. The van der Waals surface area contributed by atoms with Gasteiger partial charge < -0.3 is 5.32 Å². The van der Waals surface area contributed by atoms with E-state index in [0.717, 1.165) is 10.9 Å². The summed E-state index contributed by atoms with van der Waals surface area (Å²) in [4.78, 5) is 0. The first-order chi connectivity index (χ1) is 7.49. The van der Waals surface area contributed by atoms with Crippen molar-refractivity contribution in [1.82, 2.24) is 5.32 Å². The fraction of sp³-hybridized carbons (Fsp3) is 0.571. The van der Waals surface area contributed by atoms with E-state index in [1.165, 1.54) is 12.0 Å². The van der Waals surface area contributed by atoms with Crippen LogP contribution in [0.4, 0.5) is 0 Å². The molecule has 0 aliphatic rings. The van der Waals surface area contributed by atoms with Gasteiger partial charge in [0.2, 0.25) is 0 Å². The van der Waals surface area contributed by atoms with Crippen molar-refractivity contribution in [2.75, 3.05) is 0 Å². The number of benzene rings is 1. The Kier molecular flexibility index (Phi) is 5.30. The van der Waals surface area contributed by atoms with Crippen molar-refractivity contribution in [2.45, 2.75) is 46.2 Å². The summed E-state index contributed by atoms with van der Waals surface area (Å²) in [5.74, 6) is 0.731. The van der Waals surface area contributed by atoms with Crippen LogP contribution in [0.3, 0.4) is 0 Å². The largest absolute Gasteiger partial charge is 0.308 e. The summed E-state index contributed by atoms with van der Waals surface area (Å²) in [6.07, 6.45) is 1.20. The van der Waals surface area contributed by atoms with Gasteiger partial charge >= 0.3 is 0 Å². The van der Waals surface area contributed by atoms with Gasteiger partial charge in [-0.25, -0.2) is 0 Å². The molecule has 1 N–H and O–H groups in total. The lowest BCUT2D eigenvalue weighted by molar-refractivity contribution is 0.407. The molecule has 0 bridgehead atoms. The third-order valence-electron chi connectivity index (χ3n) is 2.71. The van der Waals surface area contributed by atoms with Gasteiger partial charge in [0, 0.05) is 17.1 Å². The first-order valence-electron chi connectivity index (χ1n) is 6.00. The standard InChI is InChI=1S/C14H22ClN/c1-10(2)8-11(3)16-12(4)13-6-5-7-14(15)9-13/h5-7,9-12,16H,8H2,1-4H3/t11?,12-/m0/s1. The van der Waals surface area contributed by atoms with Crippen molar-refractivity contribution in [2.24, 2.45) is 5.92 Å². The third-order valence-corrected chi connectivity index (χ3v) is 2.94. The SMILES string of the molecule is CC(C)CC(C)N[C@@H](C)c1cccc(Cl)c1. The molecule has 0 amide bonds. The number of rotatable bonds is 5. The van der Waals surface area contributed by atoms with Crippen LogP contribution in [0.2, 0.25) is 5.02 Å². The smallest absolute Gasteiger partial charge is 0.0409 e. The van der Waals surface area contributed by atoms with Crippen LogP contribution in [0.5, 0.6) is 0 Å². The second kappa shape index (κ2) is 6.27. The van der Waals surface area contributed by atoms with Crippen LogP contribution in [0.1, 0.15) is 45.7 Å². The van der Waals surface area contributed by atoms with Crippen molar-refractivity contribution in [1.29, 1.82) is 0 Å². The van der Waals surface area contributed by atoms with Crippen LogP contribution >= 0.6 is 11.6 Å². The number of nitrogens with one attached hydrogen (secondary N) is 1. The van der Waals surface area contributed by atoms with Crippen molar-refractivity contribution in [3.63, 3.8) is 0 Å². The third kappa shape index (κ3) is 4.54. The topological polar surface area (TPSA) is 12.0 Å². The van der Waals surface area contributed by atoms with Crippen molar-refractivity contribution < 1.29 is 0 Å². The van der Waals surface area contributed by atoms with Gasteiger partial charge in [-0.3, -0.25) is 0 Å². The van der Waals surface area contributed by atoms with E-state index < -0.39 is 0 Å². The van der Waals surface area contributed by atoms with Crippen molar-refractivity contribution in [3.05, 3.63) is 34.9 Å². The summed E-state index contributed by atoms with van der Waals surface area (Å²) in [5, 5.41) is 4.40. The molecular weight excluding hydrogens is 218 g/mol. The van der Waals surface area contributed by atoms with Gasteiger partial charge in [-0.05, 0) is 43.9 Å². The van der Waals surface area contributed by atoms with E-state index in [-0.39, 0.29) is 0 Å². The number of hydrogen-bond acceptors (Lipinski definition) is 1. The summed E-state index contributed by atoms with van der Waals surface area (Å²) >= 11 is 5.98. The Labute approximate surface area is 104 Å². The van der Waals surface area contributed by atoms with Crippen LogP contribution in [0, 0.1) is 5.92 Å². The van der Waals surface area contributed by atoms with Gasteiger partial charge in [-0.15, -0.1) is 0 Å². The first-order valence-corrected chi connectivity index (χ1v) is 6.38. The van der Waals surface area contributed by atoms with E-state index >= 15 is 0 Å². The molecule has 0 spiro atoms. The van der Waals surface area contributed by atoms with E-state index in [9.17, 15) is 0 Å². The molecule has 90 valence electrons. The fourth-order valence-electron chi connectivity index (χ4n) is 2.07. The molecule has 0 heterocycles. The molecule has 1 unspecified atom stereocenters. The summed E-state index contributed by atoms with van der Waals surface area (Å²) in [6.45, 7) is 8.92. The van der Waals surface area contributed by atoms with Gasteiger partial charge in [0.25, 0.3) is 0 Å². The van der Waals surface area contributed by atoms with E-state index in [0.29, 0.717) is 12.1 Å². The first kappa shape index (κ1) is 13.5. The molecule has 1 nitrogen and oxygen atoms in total. The minimum absolute atomic E-state index is 0.354. The van der Waals surface area contributed by atoms with Gasteiger partial charge in [0.15, 0.2) is 0 Å². The summed E-state index contributed by atoms with van der Waals surface area (Å²) < 4.78 is 0. The quantitative estimate of drug-likeness (QED) is 0.802. The van der Waals surface area contributed by atoms with E-state index in [1.807, 2.05) is 18.2 Å². The zero-order valence-corrected chi connectivity index (χ0v) is 11.4. The lowest BCUT2D eigenvalue weighted by atomic mass is 10.0. The molecule has 0 aromatic heterocycles. The zero-order valence-electron chi connectivity index (χ0n) is 10.6. The van der Waals surface area contributed by atoms with E-state index in [4.69, 9.17) is 11.6 Å². The van der Waals surface area contributed by atoms with Crippen molar-refractivity contribution in [3.8, 4) is 0 Å². The molecule has 0 fully saturated rings. The molecule has 0 aliphatic carbocycles. The summed E-state index contributed by atoms with van der Waals surface area (Å²) in [7, 11) is 0. The zero-order chi connectivity index (χ0) is 12.1. The molecule has 0 radical (unpaired) electrons. The maximum absolute atomic E-state index is 5.98. The van der Waals surface area contributed by atoms with Crippen LogP contribution < -0.4 is 5.32 Å². The molecule has 1 aromatic carbocycles. The number of hydrogen-bond donors (Lipinski definition) is 1. The lowest BCUT2D eigenvalue weighted by Gasteiger charge is -2.21. The highest BCUT2D eigenvalue weighted by molar-refractivity contribution is 6.30. The molecule has 1 aromatic rings. The normalized spacial score (nSPS) is 15.1. The second-order valence-corrected chi connectivity index (χ2v) is 5.41. The molecule has 2 heteroatoms. The summed E-state index contributed by atoms with van der Waals surface area (Å²) in [6, 6.07) is 8.95.